The van der Waals surface area contributed by atoms with Crippen molar-refractivity contribution < 1.29 is 9.59 Å². The van der Waals surface area contributed by atoms with Gasteiger partial charge in [-0.3, -0.25) is 9.59 Å². The smallest absolute Gasteiger partial charge is 0.261 e. The van der Waals surface area contributed by atoms with Crippen LogP contribution in [0.15, 0.2) is 14.3 Å². The molecular weight excluding hydrogens is 372 g/mol. The van der Waals surface area contributed by atoms with Crippen molar-refractivity contribution in [3.05, 3.63) is 19.2 Å². The highest BCUT2D eigenvalue weighted by Crippen LogP contribution is 2.32. The number of rotatable bonds is 6. The summed E-state index contributed by atoms with van der Waals surface area (Å²) in [6.07, 6.45) is 1.82. The second-order valence-corrected chi connectivity index (χ2v) is 6.64. The summed E-state index contributed by atoms with van der Waals surface area (Å²) in [7, 11) is 0. The van der Waals surface area contributed by atoms with E-state index in [1.807, 2.05) is 0 Å². The number of unbranched alkanes of at least 4 members (excludes halogenated alkanes) is 1. The molecule has 0 aromatic carbocycles. The van der Waals surface area contributed by atoms with Crippen molar-refractivity contribution >= 4 is 55.0 Å². The molecule has 0 unspecified atom stereocenters. The summed E-state index contributed by atoms with van der Waals surface area (Å²) < 4.78 is 1.78. The zero-order chi connectivity index (χ0) is 12.8. The van der Waals surface area contributed by atoms with Crippen molar-refractivity contribution in [1.82, 2.24) is 5.32 Å². The van der Waals surface area contributed by atoms with Gasteiger partial charge in [0.25, 0.3) is 5.91 Å². The number of nitrogens with one attached hydrogen (secondary N) is 1. The molecule has 3 N–H and O–H groups in total. The Labute approximate surface area is 120 Å². The van der Waals surface area contributed by atoms with E-state index in [2.05, 4.69) is 37.2 Å². The van der Waals surface area contributed by atoms with E-state index in [1.165, 1.54) is 11.3 Å². The van der Waals surface area contributed by atoms with E-state index < -0.39 is 0 Å². The van der Waals surface area contributed by atoms with Crippen LogP contribution in [0.4, 0.5) is 0 Å². The quantitative estimate of drug-likeness (QED) is 0.741. The summed E-state index contributed by atoms with van der Waals surface area (Å²) in [5.74, 6) is -0.400. The van der Waals surface area contributed by atoms with Crippen LogP contribution in [-0.4, -0.2) is 18.4 Å². The second kappa shape index (κ2) is 7.13. The molecule has 1 aromatic heterocycles. The average Bonchev–Trinajstić information content (AvgIpc) is 2.58. The van der Waals surface area contributed by atoms with Gasteiger partial charge in [-0.25, -0.2) is 0 Å². The maximum absolute atomic E-state index is 11.7. The molecule has 4 nitrogen and oxygen atoms in total. The van der Waals surface area contributed by atoms with Crippen molar-refractivity contribution in [2.24, 2.45) is 5.73 Å². The van der Waals surface area contributed by atoms with E-state index in [1.54, 1.807) is 6.07 Å². The first-order valence-electron chi connectivity index (χ1n) is 5.02. The molecule has 0 saturated heterocycles. The Bertz CT molecular complexity index is 401. The Morgan fingerprint density at radius 3 is 2.59 bits per heavy atom. The minimum absolute atomic E-state index is 0.0968. The predicted octanol–water partition coefficient (Wildman–Crippen LogP) is 2.66. The molecular formula is C10H12Br2N2O2S. The van der Waals surface area contributed by atoms with Gasteiger partial charge in [0, 0.05) is 17.4 Å². The van der Waals surface area contributed by atoms with Crippen LogP contribution in [0.3, 0.4) is 0 Å². The van der Waals surface area contributed by atoms with Gasteiger partial charge in [-0.15, -0.1) is 11.3 Å². The number of thiophene rings is 1. The number of nitrogens with two attached hydrogens (primary N) is 1. The van der Waals surface area contributed by atoms with Crippen LogP contribution < -0.4 is 11.1 Å². The number of hydrogen-bond donors (Lipinski definition) is 2. The predicted molar refractivity (Wildman–Crippen MR) is 75.1 cm³/mol. The number of halogens is 2. The third-order valence-corrected chi connectivity index (χ3v) is 5.26. The van der Waals surface area contributed by atoms with E-state index in [4.69, 9.17) is 5.73 Å². The van der Waals surface area contributed by atoms with Crippen molar-refractivity contribution in [2.75, 3.05) is 6.54 Å². The summed E-state index contributed by atoms with van der Waals surface area (Å²) >= 11 is 8.03. The molecule has 94 valence electrons. The van der Waals surface area contributed by atoms with E-state index in [-0.39, 0.29) is 11.8 Å². The lowest BCUT2D eigenvalue weighted by molar-refractivity contribution is -0.118. The Morgan fingerprint density at radius 2 is 2.06 bits per heavy atom. The summed E-state index contributed by atoms with van der Waals surface area (Å²) in [6, 6.07) is 1.77. The largest absolute Gasteiger partial charge is 0.370 e. The van der Waals surface area contributed by atoms with E-state index in [0.29, 0.717) is 24.3 Å². The fourth-order valence-electron chi connectivity index (χ4n) is 1.17. The molecule has 7 heteroatoms. The highest BCUT2D eigenvalue weighted by Gasteiger charge is 2.11. The lowest BCUT2D eigenvalue weighted by Gasteiger charge is -2.02. The standard InChI is InChI=1S/C10H12Br2N2O2S/c11-6-5-7(17-9(6)12)10(16)14-4-2-1-3-8(13)15/h5H,1-4H2,(H2,13,15)(H,14,16). The van der Waals surface area contributed by atoms with Gasteiger partial charge in [0.05, 0.1) is 8.66 Å². The number of carbonyl (C=O) groups is 2. The zero-order valence-electron chi connectivity index (χ0n) is 8.96. The number of carbonyl (C=O) groups excluding carboxylic acids is 2. The van der Waals surface area contributed by atoms with Gasteiger partial charge in [-0.05, 0) is 50.8 Å². The van der Waals surface area contributed by atoms with E-state index in [0.717, 1.165) is 14.7 Å². The highest BCUT2D eigenvalue weighted by molar-refractivity contribution is 9.13. The van der Waals surface area contributed by atoms with Gasteiger partial charge in [-0.1, -0.05) is 0 Å². The Kier molecular flexibility index (Phi) is 6.15. The molecule has 0 aliphatic carbocycles. The first kappa shape index (κ1) is 14.7. The molecule has 2 amide bonds. The molecule has 0 fully saturated rings. The monoisotopic (exact) mass is 382 g/mol. The topological polar surface area (TPSA) is 72.2 Å². The molecule has 0 bridgehead atoms. The van der Waals surface area contributed by atoms with Gasteiger partial charge >= 0.3 is 0 Å². The van der Waals surface area contributed by atoms with E-state index in [9.17, 15) is 9.59 Å². The van der Waals surface area contributed by atoms with Crippen LogP contribution in [0.5, 0.6) is 0 Å². The van der Waals surface area contributed by atoms with Crippen LogP contribution in [0.1, 0.15) is 28.9 Å². The fraction of sp³-hybridized carbons (Fsp3) is 0.400. The molecule has 1 heterocycles. The zero-order valence-corrected chi connectivity index (χ0v) is 13.0. The van der Waals surface area contributed by atoms with Crippen molar-refractivity contribution in [3.63, 3.8) is 0 Å². The van der Waals surface area contributed by atoms with Crippen LogP contribution in [0, 0.1) is 0 Å². The lowest BCUT2D eigenvalue weighted by atomic mass is 10.2. The van der Waals surface area contributed by atoms with Crippen LogP contribution in [0.25, 0.3) is 0 Å². The highest BCUT2D eigenvalue weighted by atomic mass is 79.9. The first-order chi connectivity index (χ1) is 8.00. The molecule has 1 rings (SSSR count). The summed E-state index contributed by atoms with van der Waals surface area (Å²) in [5.41, 5.74) is 5.01. The maximum atomic E-state index is 11.7. The van der Waals surface area contributed by atoms with Crippen molar-refractivity contribution in [1.29, 1.82) is 0 Å². The van der Waals surface area contributed by atoms with Crippen molar-refractivity contribution in [3.8, 4) is 0 Å². The van der Waals surface area contributed by atoms with Gasteiger partial charge in [0.15, 0.2) is 0 Å². The van der Waals surface area contributed by atoms with Gasteiger partial charge < -0.3 is 11.1 Å². The average molecular weight is 384 g/mol. The molecule has 1 aromatic rings. The van der Waals surface area contributed by atoms with Gasteiger partial charge in [-0.2, -0.15) is 0 Å². The minimum Gasteiger partial charge on any atom is -0.370 e. The number of amides is 2. The third-order valence-electron chi connectivity index (χ3n) is 2.00. The van der Waals surface area contributed by atoms with Gasteiger partial charge in [0.1, 0.15) is 0 Å². The molecule has 0 saturated carbocycles. The van der Waals surface area contributed by atoms with E-state index >= 15 is 0 Å². The van der Waals surface area contributed by atoms with Crippen molar-refractivity contribution in [2.45, 2.75) is 19.3 Å². The number of hydrogen-bond acceptors (Lipinski definition) is 3. The first-order valence-corrected chi connectivity index (χ1v) is 7.42. The Morgan fingerprint density at radius 1 is 1.35 bits per heavy atom. The minimum atomic E-state index is -0.303. The van der Waals surface area contributed by atoms with Crippen LogP contribution >= 0.6 is 43.2 Å². The van der Waals surface area contributed by atoms with Crippen LogP contribution in [0.2, 0.25) is 0 Å². The Hall–Kier alpha value is -0.400. The number of primary amides is 1. The molecule has 0 spiro atoms. The summed E-state index contributed by atoms with van der Waals surface area (Å²) in [6.45, 7) is 0.555. The summed E-state index contributed by atoms with van der Waals surface area (Å²) in [5, 5.41) is 2.79. The van der Waals surface area contributed by atoms with Crippen LogP contribution in [-0.2, 0) is 4.79 Å². The SMILES string of the molecule is NC(=O)CCCCNC(=O)c1cc(Br)c(Br)s1. The fourth-order valence-corrected chi connectivity index (χ4v) is 3.12. The summed E-state index contributed by atoms with van der Waals surface area (Å²) in [4.78, 5) is 22.8. The molecule has 0 aliphatic rings. The Balaban J connectivity index is 2.28. The maximum Gasteiger partial charge on any atom is 0.261 e. The molecule has 0 atom stereocenters. The third kappa shape index (κ3) is 5.18. The normalized spacial score (nSPS) is 10.2. The molecule has 0 radical (unpaired) electrons. The lowest BCUT2D eigenvalue weighted by Crippen LogP contribution is -2.23. The van der Waals surface area contributed by atoms with Gasteiger partial charge in [0.2, 0.25) is 5.91 Å². The second-order valence-electron chi connectivity index (χ2n) is 3.41. The molecule has 17 heavy (non-hydrogen) atoms. The molecule has 0 aliphatic heterocycles.